The zero-order chi connectivity index (χ0) is 17.0. The summed E-state index contributed by atoms with van der Waals surface area (Å²) in [5.74, 6) is 0.285. The third kappa shape index (κ3) is 3.62. The standard InChI is InChI=1S/C15H12ClN5O2/c1-10-7-14(16)19-15(12(10)8-17)20(2)18-9-11-5-3-4-6-13(11)21(22)23/h3-7,9H,1-2H3/b18-9-. The van der Waals surface area contributed by atoms with E-state index in [1.54, 1.807) is 38.2 Å². The minimum atomic E-state index is -0.482. The number of pyridine rings is 1. The normalized spacial score (nSPS) is 10.5. The highest BCUT2D eigenvalue weighted by atomic mass is 35.5. The fraction of sp³-hybridized carbons (Fsp3) is 0.133. The highest BCUT2D eigenvalue weighted by molar-refractivity contribution is 6.29. The molecule has 23 heavy (non-hydrogen) atoms. The molecule has 0 saturated carbocycles. The predicted octanol–water partition coefficient (Wildman–Crippen LogP) is 3.29. The fourth-order valence-electron chi connectivity index (χ4n) is 1.96. The summed E-state index contributed by atoms with van der Waals surface area (Å²) < 4.78 is 0. The van der Waals surface area contributed by atoms with Gasteiger partial charge in [0.1, 0.15) is 11.2 Å². The molecule has 2 rings (SSSR count). The predicted molar refractivity (Wildman–Crippen MR) is 87.8 cm³/mol. The molecule has 1 heterocycles. The van der Waals surface area contributed by atoms with Crippen LogP contribution in [0.25, 0.3) is 0 Å². The molecule has 0 spiro atoms. The van der Waals surface area contributed by atoms with Crippen molar-refractivity contribution in [1.82, 2.24) is 4.98 Å². The summed E-state index contributed by atoms with van der Waals surface area (Å²) >= 11 is 5.92. The van der Waals surface area contributed by atoms with Gasteiger partial charge in [-0.15, -0.1) is 0 Å². The Kier molecular flexibility index (Phi) is 4.88. The smallest absolute Gasteiger partial charge is 0.258 e. The first-order chi connectivity index (χ1) is 10.9. The monoisotopic (exact) mass is 329 g/mol. The molecule has 0 unspecified atom stereocenters. The Morgan fingerprint density at radius 1 is 1.48 bits per heavy atom. The average molecular weight is 330 g/mol. The van der Waals surface area contributed by atoms with Crippen LogP contribution in [0, 0.1) is 28.4 Å². The van der Waals surface area contributed by atoms with Crippen LogP contribution in [0.5, 0.6) is 0 Å². The van der Waals surface area contributed by atoms with Gasteiger partial charge in [0.15, 0.2) is 5.82 Å². The molecule has 0 aliphatic heterocycles. The van der Waals surface area contributed by atoms with Crippen molar-refractivity contribution < 1.29 is 4.92 Å². The Bertz CT molecular complexity index is 829. The number of halogens is 1. The number of nitro groups is 1. The van der Waals surface area contributed by atoms with Crippen molar-refractivity contribution in [3.63, 3.8) is 0 Å². The molecule has 0 fully saturated rings. The van der Waals surface area contributed by atoms with Crippen LogP contribution in [-0.2, 0) is 0 Å². The lowest BCUT2D eigenvalue weighted by atomic mass is 10.1. The molecule has 0 radical (unpaired) electrons. The lowest BCUT2D eigenvalue weighted by Gasteiger charge is -2.14. The van der Waals surface area contributed by atoms with Gasteiger partial charge in [0.2, 0.25) is 0 Å². The van der Waals surface area contributed by atoms with Crippen molar-refractivity contribution in [2.75, 3.05) is 12.1 Å². The van der Waals surface area contributed by atoms with Crippen molar-refractivity contribution in [1.29, 1.82) is 5.26 Å². The number of rotatable bonds is 4. The molecule has 8 heteroatoms. The number of aromatic nitrogens is 1. The summed E-state index contributed by atoms with van der Waals surface area (Å²) in [4.78, 5) is 14.6. The van der Waals surface area contributed by atoms with Crippen LogP contribution in [-0.4, -0.2) is 23.2 Å². The van der Waals surface area contributed by atoms with E-state index in [1.807, 2.05) is 0 Å². The van der Waals surface area contributed by atoms with Gasteiger partial charge < -0.3 is 0 Å². The van der Waals surface area contributed by atoms with Crippen LogP contribution in [0.2, 0.25) is 5.15 Å². The Hall–Kier alpha value is -2.98. The van der Waals surface area contributed by atoms with Gasteiger partial charge in [0.25, 0.3) is 5.69 Å². The maximum atomic E-state index is 11.0. The van der Waals surface area contributed by atoms with E-state index in [0.717, 1.165) is 0 Å². The molecule has 0 bridgehead atoms. The lowest BCUT2D eigenvalue weighted by Crippen LogP contribution is -2.13. The van der Waals surface area contributed by atoms with Crippen molar-refractivity contribution in [2.45, 2.75) is 6.92 Å². The van der Waals surface area contributed by atoms with Crippen LogP contribution in [0.4, 0.5) is 11.5 Å². The van der Waals surface area contributed by atoms with Crippen molar-refractivity contribution in [3.8, 4) is 6.07 Å². The second kappa shape index (κ2) is 6.85. The molecule has 0 atom stereocenters. The van der Waals surface area contributed by atoms with Crippen LogP contribution < -0.4 is 5.01 Å². The summed E-state index contributed by atoms with van der Waals surface area (Å²) in [7, 11) is 1.59. The number of hydrogen-bond acceptors (Lipinski definition) is 6. The number of aryl methyl sites for hydroxylation is 1. The summed E-state index contributed by atoms with van der Waals surface area (Å²) in [5, 5.41) is 25.9. The van der Waals surface area contributed by atoms with Crippen LogP contribution in [0.1, 0.15) is 16.7 Å². The number of hydrogen-bond donors (Lipinski definition) is 0. The average Bonchev–Trinajstić information content (AvgIpc) is 2.52. The number of para-hydroxylation sites is 1. The SMILES string of the molecule is Cc1cc(Cl)nc(N(C)/N=C\c2ccccc2[N+](=O)[O-])c1C#N. The van der Waals surface area contributed by atoms with Crippen molar-refractivity contribution >= 4 is 29.3 Å². The first-order valence-electron chi connectivity index (χ1n) is 6.52. The van der Waals surface area contributed by atoms with Gasteiger partial charge in [-0.2, -0.15) is 10.4 Å². The molecule has 2 aromatic rings. The first kappa shape index (κ1) is 16.4. The molecule has 0 aliphatic rings. The Balaban J connectivity index is 2.39. The molecule has 7 nitrogen and oxygen atoms in total. The van der Waals surface area contributed by atoms with Gasteiger partial charge in [-0.1, -0.05) is 23.7 Å². The third-order valence-electron chi connectivity index (χ3n) is 3.09. The zero-order valence-corrected chi connectivity index (χ0v) is 13.2. The van der Waals surface area contributed by atoms with E-state index in [0.29, 0.717) is 16.7 Å². The summed E-state index contributed by atoms with van der Waals surface area (Å²) in [6, 6.07) is 9.87. The Labute approximate surface area is 137 Å². The maximum Gasteiger partial charge on any atom is 0.278 e. The molecular formula is C15H12ClN5O2. The number of benzene rings is 1. The molecular weight excluding hydrogens is 318 g/mol. The number of nitro benzene ring substituents is 1. The second-order valence-electron chi connectivity index (χ2n) is 4.66. The van der Waals surface area contributed by atoms with E-state index in [-0.39, 0.29) is 16.7 Å². The number of nitriles is 1. The number of nitrogens with zero attached hydrogens (tertiary/aromatic N) is 5. The van der Waals surface area contributed by atoms with E-state index in [9.17, 15) is 15.4 Å². The number of anilines is 1. The topological polar surface area (TPSA) is 95.4 Å². The van der Waals surface area contributed by atoms with Crippen LogP contribution >= 0.6 is 11.6 Å². The number of hydrazone groups is 1. The molecule has 1 aromatic carbocycles. The summed E-state index contributed by atoms with van der Waals surface area (Å²) in [5.41, 5.74) is 1.31. The highest BCUT2D eigenvalue weighted by Gasteiger charge is 2.14. The Morgan fingerprint density at radius 2 is 2.17 bits per heavy atom. The summed E-state index contributed by atoms with van der Waals surface area (Å²) in [6.07, 6.45) is 1.34. The van der Waals surface area contributed by atoms with E-state index in [2.05, 4.69) is 16.2 Å². The molecule has 1 aromatic heterocycles. The van der Waals surface area contributed by atoms with Gasteiger partial charge >= 0.3 is 0 Å². The van der Waals surface area contributed by atoms with E-state index < -0.39 is 4.92 Å². The van der Waals surface area contributed by atoms with E-state index in [1.165, 1.54) is 17.3 Å². The molecule has 0 N–H and O–H groups in total. The Morgan fingerprint density at radius 3 is 2.83 bits per heavy atom. The maximum absolute atomic E-state index is 11.0. The van der Waals surface area contributed by atoms with Gasteiger partial charge in [0, 0.05) is 13.1 Å². The first-order valence-corrected chi connectivity index (χ1v) is 6.90. The molecule has 116 valence electrons. The minimum absolute atomic E-state index is 0.0552. The van der Waals surface area contributed by atoms with Gasteiger partial charge in [-0.05, 0) is 24.6 Å². The van der Waals surface area contributed by atoms with E-state index in [4.69, 9.17) is 11.6 Å². The van der Waals surface area contributed by atoms with Crippen molar-refractivity contribution in [2.24, 2.45) is 5.10 Å². The van der Waals surface area contributed by atoms with Gasteiger partial charge in [0.05, 0.1) is 22.3 Å². The van der Waals surface area contributed by atoms with E-state index >= 15 is 0 Å². The molecule has 0 amide bonds. The quantitative estimate of drug-likeness (QED) is 0.371. The second-order valence-corrected chi connectivity index (χ2v) is 5.04. The fourth-order valence-corrected chi connectivity index (χ4v) is 2.20. The molecule has 0 aliphatic carbocycles. The van der Waals surface area contributed by atoms with Gasteiger partial charge in [-0.3, -0.25) is 10.1 Å². The zero-order valence-electron chi connectivity index (χ0n) is 12.4. The lowest BCUT2D eigenvalue weighted by molar-refractivity contribution is -0.385. The van der Waals surface area contributed by atoms with Crippen molar-refractivity contribution in [3.05, 3.63) is 62.3 Å². The van der Waals surface area contributed by atoms with Crippen LogP contribution in [0.15, 0.2) is 35.4 Å². The minimum Gasteiger partial charge on any atom is -0.258 e. The summed E-state index contributed by atoms with van der Waals surface area (Å²) in [6.45, 7) is 1.75. The highest BCUT2D eigenvalue weighted by Crippen LogP contribution is 2.23. The third-order valence-corrected chi connectivity index (χ3v) is 3.28. The van der Waals surface area contributed by atoms with Crippen LogP contribution in [0.3, 0.4) is 0 Å². The molecule has 0 saturated heterocycles. The largest absolute Gasteiger partial charge is 0.278 e. The van der Waals surface area contributed by atoms with Gasteiger partial charge in [-0.25, -0.2) is 9.99 Å².